The highest BCUT2D eigenvalue weighted by Gasteiger charge is 2.28. The zero-order valence-corrected chi connectivity index (χ0v) is 19.2. The third-order valence-electron chi connectivity index (χ3n) is 6.65. The van der Waals surface area contributed by atoms with Crippen LogP contribution in [0.4, 0.5) is 0 Å². The highest BCUT2D eigenvalue weighted by atomic mass is 16.2. The standard InChI is InChI=1S/C26H36N4O/c1-4-26(5-2,23-14-7-6-8-15-23)20-29-25(27-3)28-18-21-12-9-10-13-22(21)19-30-17-11-16-24(30)31/h6-10,12-15H,4-5,11,16-20H2,1-3H3,(H2,27,28,29). The van der Waals surface area contributed by atoms with Crippen LogP contribution in [0.1, 0.15) is 56.2 Å². The van der Waals surface area contributed by atoms with E-state index in [-0.39, 0.29) is 11.3 Å². The predicted molar refractivity (Wildman–Crippen MR) is 128 cm³/mol. The van der Waals surface area contributed by atoms with Gasteiger partial charge in [0.25, 0.3) is 0 Å². The summed E-state index contributed by atoms with van der Waals surface area (Å²) in [6.07, 6.45) is 3.76. The van der Waals surface area contributed by atoms with Gasteiger partial charge in [0.15, 0.2) is 5.96 Å². The van der Waals surface area contributed by atoms with Crippen molar-refractivity contribution in [3.05, 3.63) is 71.3 Å². The first-order valence-electron chi connectivity index (χ1n) is 11.5. The average Bonchev–Trinajstić information content (AvgIpc) is 3.22. The second kappa shape index (κ2) is 11.0. The van der Waals surface area contributed by atoms with Crippen LogP contribution in [0.3, 0.4) is 0 Å². The molecule has 0 aliphatic carbocycles. The van der Waals surface area contributed by atoms with E-state index in [1.54, 1.807) is 0 Å². The van der Waals surface area contributed by atoms with Crippen LogP contribution in [0.5, 0.6) is 0 Å². The zero-order valence-electron chi connectivity index (χ0n) is 19.2. The summed E-state index contributed by atoms with van der Waals surface area (Å²) in [5.41, 5.74) is 3.84. The number of benzene rings is 2. The highest BCUT2D eigenvalue weighted by molar-refractivity contribution is 5.80. The molecule has 1 heterocycles. The number of nitrogens with one attached hydrogen (secondary N) is 2. The molecule has 1 aliphatic heterocycles. The van der Waals surface area contributed by atoms with E-state index in [1.165, 1.54) is 16.7 Å². The molecule has 166 valence electrons. The minimum absolute atomic E-state index is 0.0763. The maximum Gasteiger partial charge on any atom is 0.222 e. The van der Waals surface area contributed by atoms with Crippen molar-refractivity contribution >= 4 is 11.9 Å². The monoisotopic (exact) mass is 420 g/mol. The Morgan fingerprint density at radius 2 is 1.68 bits per heavy atom. The summed E-state index contributed by atoms with van der Waals surface area (Å²) < 4.78 is 0. The number of carbonyl (C=O) groups is 1. The average molecular weight is 421 g/mol. The van der Waals surface area contributed by atoms with E-state index in [1.807, 2.05) is 18.0 Å². The molecule has 5 nitrogen and oxygen atoms in total. The van der Waals surface area contributed by atoms with Crippen LogP contribution in [-0.2, 0) is 23.3 Å². The summed E-state index contributed by atoms with van der Waals surface area (Å²) in [4.78, 5) is 18.4. The molecule has 3 rings (SSSR count). The van der Waals surface area contributed by atoms with E-state index in [0.29, 0.717) is 19.5 Å². The fourth-order valence-electron chi connectivity index (χ4n) is 4.42. The van der Waals surface area contributed by atoms with Crippen molar-refractivity contribution in [2.45, 2.75) is 58.0 Å². The van der Waals surface area contributed by atoms with E-state index in [2.05, 4.69) is 78.0 Å². The highest BCUT2D eigenvalue weighted by Crippen LogP contribution is 2.30. The minimum atomic E-state index is 0.0763. The quantitative estimate of drug-likeness (QED) is 0.471. The predicted octanol–water partition coefficient (Wildman–Crippen LogP) is 4.23. The molecule has 1 aliphatic rings. The van der Waals surface area contributed by atoms with Gasteiger partial charge in [-0.15, -0.1) is 0 Å². The first-order chi connectivity index (χ1) is 15.1. The summed E-state index contributed by atoms with van der Waals surface area (Å²) >= 11 is 0. The molecule has 31 heavy (non-hydrogen) atoms. The molecular formula is C26H36N4O. The van der Waals surface area contributed by atoms with E-state index in [9.17, 15) is 4.79 Å². The Hall–Kier alpha value is -2.82. The van der Waals surface area contributed by atoms with Crippen molar-refractivity contribution in [1.29, 1.82) is 0 Å². The number of hydrogen-bond acceptors (Lipinski definition) is 2. The van der Waals surface area contributed by atoms with Crippen molar-refractivity contribution in [3.63, 3.8) is 0 Å². The Kier molecular flexibility index (Phi) is 8.10. The molecule has 0 aromatic heterocycles. The summed E-state index contributed by atoms with van der Waals surface area (Å²) in [6.45, 7) is 7.56. The van der Waals surface area contributed by atoms with Gasteiger partial charge < -0.3 is 15.5 Å². The number of nitrogens with zero attached hydrogens (tertiary/aromatic N) is 2. The lowest BCUT2D eigenvalue weighted by Crippen LogP contribution is -2.45. The van der Waals surface area contributed by atoms with E-state index in [0.717, 1.165) is 38.3 Å². The summed E-state index contributed by atoms with van der Waals surface area (Å²) in [6, 6.07) is 19.1. The van der Waals surface area contributed by atoms with Crippen LogP contribution in [0.25, 0.3) is 0 Å². The van der Waals surface area contributed by atoms with E-state index in [4.69, 9.17) is 0 Å². The van der Waals surface area contributed by atoms with Crippen LogP contribution in [0.15, 0.2) is 59.6 Å². The lowest BCUT2D eigenvalue weighted by Gasteiger charge is -2.33. The molecule has 1 amide bonds. The fourth-order valence-corrected chi connectivity index (χ4v) is 4.42. The van der Waals surface area contributed by atoms with Gasteiger partial charge >= 0.3 is 0 Å². The lowest BCUT2D eigenvalue weighted by atomic mass is 9.76. The second-order valence-corrected chi connectivity index (χ2v) is 8.32. The van der Waals surface area contributed by atoms with Gasteiger partial charge in [-0.3, -0.25) is 9.79 Å². The van der Waals surface area contributed by atoms with Crippen molar-refractivity contribution in [2.75, 3.05) is 20.1 Å². The van der Waals surface area contributed by atoms with Crippen molar-refractivity contribution < 1.29 is 4.79 Å². The van der Waals surface area contributed by atoms with Gasteiger partial charge in [0.05, 0.1) is 0 Å². The minimum Gasteiger partial charge on any atom is -0.356 e. The molecule has 2 aromatic rings. The Bertz CT molecular complexity index is 874. The van der Waals surface area contributed by atoms with E-state index < -0.39 is 0 Å². The lowest BCUT2D eigenvalue weighted by molar-refractivity contribution is -0.128. The van der Waals surface area contributed by atoms with Crippen molar-refractivity contribution in [2.24, 2.45) is 4.99 Å². The van der Waals surface area contributed by atoms with Gasteiger partial charge in [-0.05, 0) is 36.0 Å². The number of carbonyl (C=O) groups excluding carboxylic acids is 1. The molecule has 0 unspecified atom stereocenters. The Morgan fingerprint density at radius 3 is 2.29 bits per heavy atom. The van der Waals surface area contributed by atoms with Gasteiger partial charge in [-0.1, -0.05) is 68.4 Å². The zero-order chi connectivity index (χ0) is 22.1. The largest absolute Gasteiger partial charge is 0.356 e. The molecule has 0 bridgehead atoms. The molecule has 0 saturated carbocycles. The molecule has 0 radical (unpaired) electrons. The normalized spacial score (nSPS) is 14.7. The van der Waals surface area contributed by atoms with E-state index >= 15 is 0 Å². The Morgan fingerprint density at radius 1 is 1.00 bits per heavy atom. The number of guanidine groups is 1. The number of rotatable bonds is 9. The van der Waals surface area contributed by atoms with Gasteiger partial charge in [0.1, 0.15) is 0 Å². The van der Waals surface area contributed by atoms with Crippen molar-refractivity contribution in [3.8, 4) is 0 Å². The first-order valence-corrected chi connectivity index (χ1v) is 11.5. The van der Waals surface area contributed by atoms with Gasteiger partial charge in [-0.2, -0.15) is 0 Å². The number of likely N-dealkylation sites (tertiary alicyclic amines) is 1. The third kappa shape index (κ3) is 5.66. The smallest absolute Gasteiger partial charge is 0.222 e. The number of aliphatic imine (C=N–C) groups is 1. The van der Waals surface area contributed by atoms with Crippen LogP contribution in [0.2, 0.25) is 0 Å². The molecule has 0 spiro atoms. The molecule has 5 heteroatoms. The van der Waals surface area contributed by atoms with Gasteiger partial charge in [0, 0.05) is 45.1 Å². The van der Waals surface area contributed by atoms with Crippen LogP contribution in [0, 0.1) is 0 Å². The molecule has 2 N–H and O–H groups in total. The van der Waals surface area contributed by atoms with Gasteiger partial charge in [0.2, 0.25) is 5.91 Å². The third-order valence-corrected chi connectivity index (χ3v) is 6.65. The Labute approximate surface area is 187 Å². The maximum atomic E-state index is 12.0. The van der Waals surface area contributed by atoms with Gasteiger partial charge in [-0.25, -0.2) is 0 Å². The molecule has 2 aromatic carbocycles. The summed E-state index contributed by atoms with van der Waals surface area (Å²) in [5.74, 6) is 1.06. The van der Waals surface area contributed by atoms with Crippen LogP contribution < -0.4 is 10.6 Å². The SMILES string of the molecule is CCC(CC)(CNC(=NC)NCc1ccccc1CN1CCCC1=O)c1ccccc1. The number of amides is 1. The summed E-state index contributed by atoms with van der Waals surface area (Å²) in [5, 5.41) is 7.02. The topological polar surface area (TPSA) is 56.7 Å². The number of hydrogen-bond donors (Lipinski definition) is 2. The molecule has 1 saturated heterocycles. The summed E-state index contributed by atoms with van der Waals surface area (Å²) in [7, 11) is 1.81. The van der Waals surface area contributed by atoms with Crippen molar-refractivity contribution in [1.82, 2.24) is 15.5 Å². The molecule has 0 atom stereocenters. The maximum absolute atomic E-state index is 12.0. The fraction of sp³-hybridized carbons (Fsp3) is 0.462. The first kappa shape index (κ1) is 22.9. The van der Waals surface area contributed by atoms with Crippen LogP contribution in [-0.4, -0.2) is 36.9 Å². The molecular weight excluding hydrogens is 384 g/mol. The van der Waals surface area contributed by atoms with Crippen LogP contribution >= 0.6 is 0 Å². The second-order valence-electron chi connectivity index (χ2n) is 8.32. The molecule has 1 fully saturated rings. The Balaban J connectivity index is 1.63.